The summed E-state index contributed by atoms with van der Waals surface area (Å²) in [6.45, 7) is -0.197. The number of carbonyl (C=O) groups excluding carboxylic acids is 2. The Hall–Kier alpha value is -4.67. The minimum atomic E-state index is -1.03. The van der Waals surface area contributed by atoms with E-state index in [0.717, 1.165) is 12.1 Å². The van der Waals surface area contributed by atoms with Gasteiger partial charge in [-0.2, -0.15) is 0 Å². The topological polar surface area (TPSA) is 92.1 Å². The Bertz CT molecular complexity index is 1830. The van der Waals surface area contributed by atoms with Crippen LogP contribution in [0.25, 0.3) is 0 Å². The zero-order valence-electron chi connectivity index (χ0n) is 22.4. The van der Waals surface area contributed by atoms with Crippen LogP contribution < -0.4 is 15.4 Å². The molecule has 0 saturated carbocycles. The smallest absolute Gasteiger partial charge is 0.246 e. The first-order valence-electron chi connectivity index (χ1n) is 12.7. The van der Waals surface area contributed by atoms with Crippen molar-refractivity contribution in [3.63, 3.8) is 0 Å². The standard InChI is InChI=1S/C16H12ClFN2O2.C15H9ClF2N2O/c1-22-14-7-13-10(6-12(14)18)16(19-8-15(21)20-13)9-4-2-3-5-11(9)17;16-10-4-2-1-3-8(10)15-9-5-11(17)12(18)6-13(9)20-14(21)7-19-15/h2-7H,8H2,1H3,(H,20,21);1-6H,7H2,(H,20,21). The van der Waals surface area contributed by atoms with Gasteiger partial charge in [-0.3, -0.25) is 19.6 Å². The van der Waals surface area contributed by atoms with E-state index >= 15 is 0 Å². The maximum absolute atomic E-state index is 14.1. The molecule has 0 aromatic heterocycles. The number of carbonyl (C=O) groups is 2. The molecule has 0 spiro atoms. The Kier molecular flexibility index (Phi) is 8.79. The molecule has 2 N–H and O–H groups in total. The number of aliphatic imine (C=N–C) groups is 2. The number of fused-ring (bicyclic) bond motifs is 2. The zero-order valence-corrected chi connectivity index (χ0v) is 23.9. The van der Waals surface area contributed by atoms with Gasteiger partial charge in [0.2, 0.25) is 11.8 Å². The van der Waals surface area contributed by atoms with Gasteiger partial charge in [0, 0.05) is 44.4 Å². The van der Waals surface area contributed by atoms with Crippen molar-refractivity contribution < 1.29 is 27.5 Å². The van der Waals surface area contributed by atoms with Crippen LogP contribution in [0.3, 0.4) is 0 Å². The van der Waals surface area contributed by atoms with E-state index in [0.29, 0.717) is 49.4 Å². The molecule has 4 aromatic rings. The van der Waals surface area contributed by atoms with Crippen molar-refractivity contribution in [1.82, 2.24) is 0 Å². The average molecular weight is 625 g/mol. The predicted molar refractivity (Wildman–Crippen MR) is 160 cm³/mol. The molecule has 2 amide bonds. The monoisotopic (exact) mass is 624 g/mol. The van der Waals surface area contributed by atoms with Gasteiger partial charge in [0.05, 0.1) is 29.9 Å². The van der Waals surface area contributed by atoms with Crippen LogP contribution in [-0.4, -0.2) is 43.4 Å². The number of nitrogens with one attached hydrogen (secondary N) is 2. The average Bonchev–Trinajstić information content (AvgIpc) is 3.24. The van der Waals surface area contributed by atoms with Crippen LogP contribution in [0.1, 0.15) is 22.3 Å². The number of nitrogens with zero attached hydrogens (tertiary/aromatic N) is 2. The zero-order chi connectivity index (χ0) is 30.7. The Balaban J connectivity index is 0.000000171. The molecule has 0 saturated heterocycles. The number of rotatable bonds is 3. The van der Waals surface area contributed by atoms with E-state index in [2.05, 4.69) is 20.6 Å². The highest BCUT2D eigenvalue weighted by molar-refractivity contribution is 6.36. The normalized spacial score (nSPS) is 13.9. The van der Waals surface area contributed by atoms with Gasteiger partial charge >= 0.3 is 0 Å². The molecule has 43 heavy (non-hydrogen) atoms. The van der Waals surface area contributed by atoms with Crippen molar-refractivity contribution in [3.05, 3.63) is 123 Å². The second-order valence-electron chi connectivity index (χ2n) is 9.23. The molecule has 0 radical (unpaired) electrons. The van der Waals surface area contributed by atoms with E-state index in [1.165, 1.54) is 19.2 Å². The number of amides is 2. The summed E-state index contributed by atoms with van der Waals surface area (Å²) >= 11 is 12.3. The van der Waals surface area contributed by atoms with E-state index in [9.17, 15) is 22.8 Å². The summed E-state index contributed by atoms with van der Waals surface area (Å²) in [6, 6.07) is 18.7. The van der Waals surface area contributed by atoms with Crippen molar-refractivity contribution >= 4 is 57.8 Å². The Morgan fingerprint density at radius 2 is 1.09 bits per heavy atom. The van der Waals surface area contributed by atoms with Crippen molar-refractivity contribution in [3.8, 4) is 5.75 Å². The van der Waals surface area contributed by atoms with Gasteiger partial charge in [-0.05, 0) is 24.3 Å². The van der Waals surface area contributed by atoms with Gasteiger partial charge in [-0.25, -0.2) is 13.2 Å². The SMILES string of the molecule is COc1cc2c(cc1F)C(c1ccccc1Cl)=NCC(=O)N2.O=C1CN=C(c2ccccc2Cl)c2cc(F)c(F)cc2N1. The third-order valence-electron chi connectivity index (χ3n) is 6.43. The fourth-order valence-electron chi connectivity index (χ4n) is 4.47. The van der Waals surface area contributed by atoms with Crippen LogP contribution in [0.5, 0.6) is 5.75 Å². The largest absolute Gasteiger partial charge is 0.494 e. The van der Waals surface area contributed by atoms with Crippen molar-refractivity contribution in [2.45, 2.75) is 0 Å². The molecular formula is C31H21Cl2F3N4O3. The number of anilines is 2. The summed E-state index contributed by atoms with van der Waals surface area (Å²) in [5.41, 5.74) is 3.42. The van der Waals surface area contributed by atoms with Crippen molar-refractivity contribution in [2.24, 2.45) is 9.98 Å². The Labute approximate surface area is 254 Å². The van der Waals surface area contributed by atoms with Gasteiger partial charge in [0.1, 0.15) is 13.1 Å². The van der Waals surface area contributed by atoms with Gasteiger partial charge in [0.15, 0.2) is 23.2 Å². The molecule has 218 valence electrons. The number of hydrogen-bond acceptors (Lipinski definition) is 5. The first-order chi connectivity index (χ1) is 20.7. The quantitative estimate of drug-likeness (QED) is 0.266. The molecule has 4 aromatic carbocycles. The van der Waals surface area contributed by atoms with Crippen LogP contribution >= 0.6 is 23.2 Å². The number of methoxy groups -OCH3 is 1. The first kappa shape index (κ1) is 29.8. The molecule has 12 heteroatoms. The summed E-state index contributed by atoms with van der Waals surface area (Å²) in [7, 11) is 1.37. The number of benzene rings is 4. The van der Waals surface area contributed by atoms with Crippen LogP contribution in [-0.2, 0) is 9.59 Å². The Morgan fingerprint density at radius 1 is 0.651 bits per heavy atom. The number of halogens is 5. The molecule has 0 atom stereocenters. The predicted octanol–water partition coefficient (Wildman–Crippen LogP) is 6.68. The molecule has 0 bridgehead atoms. The molecule has 7 nitrogen and oxygen atoms in total. The maximum Gasteiger partial charge on any atom is 0.246 e. The number of ether oxygens (including phenoxy) is 1. The fraction of sp³-hybridized carbons (Fsp3) is 0.0968. The molecule has 6 rings (SSSR count). The fourth-order valence-corrected chi connectivity index (χ4v) is 4.92. The van der Waals surface area contributed by atoms with E-state index in [-0.39, 0.29) is 30.4 Å². The summed E-state index contributed by atoms with van der Waals surface area (Å²) in [4.78, 5) is 31.9. The lowest BCUT2D eigenvalue weighted by molar-refractivity contribution is -0.115. The lowest BCUT2D eigenvalue weighted by Gasteiger charge is -2.13. The summed E-state index contributed by atoms with van der Waals surface area (Å²) in [5, 5.41) is 6.11. The molecule has 0 unspecified atom stereocenters. The van der Waals surface area contributed by atoms with E-state index in [1.54, 1.807) is 42.5 Å². The number of benzodiazepines with no additional fused rings is 2. The van der Waals surface area contributed by atoms with Gasteiger partial charge in [0.25, 0.3) is 0 Å². The van der Waals surface area contributed by atoms with Gasteiger partial charge < -0.3 is 15.4 Å². The molecule has 2 aliphatic rings. The molecule has 2 heterocycles. The third kappa shape index (κ3) is 6.40. The number of hydrogen-bond donors (Lipinski definition) is 2. The lowest BCUT2D eigenvalue weighted by atomic mass is 10.00. The highest BCUT2D eigenvalue weighted by Crippen LogP contribution is 2.32. The molecule has 0 aliphatic carbocycles. The minimum Gasteiger partial charge on any atom is -0.494 e. The summed E-state index contributed by atoms with van der Waals surface area (Å²) in [5.74, 6) is -3.20. The van der Waals surface area contributed by atoms with E-state index in [4.69, 9.17) is 27.9 Å². The van der Waals surface area contributed by atoms with E-state index < -0.39 is 23.4 Å². The molecule has 2 aliphatic heterocycles. The van der Waals surface area contributed by atoms with Crippen LogP contribution in [0.2, 0.25) is 10.0 Å². The molecular weight excluding hydrogens is 604 g/mol. The minimum absolute atomic E-state index is 0.0551. The lowest BCUT2D eigenvalue weighted by Crippen LogP contribution is -2.13. The maximum atomic E-state index is 14.1. The Morgan fingerprint density at radius 3 is 1.58 bits per heavy atom. The second-order valence-corrected chi connectivity index (χ2v) is 10.0. The van der Waals surface area contributed by atoms with Gasteiger partial charge in [-0.1, -0.05) is 59.6 Å². The van der Waals surface area contributed by atoms with Crippen molar-refractivity contribution in [1.29, 1.82) is 0 Å². The van der Waals surface area contributed by atoms with Crippen LogP contribution in [0, 0.1) is 17.5 Å². The van der Waals surface area contributed by atoms with Gasteiger partial charge in [-0.15, -0.1) is 0 Å². The summed E-state index contributed by atoms with van der Waals surface area (Å²) < 4.78 is 46.0. The van der Waals surface area contributed by atoms with E-state index in [1.807, 2.05) is 6.07 Å². The highest BCUT2D eigenvalue weighted by Gasteiger charge is 2.23. The molecule has 0 fully saturated rings. The van der Waals surface area contributed by atoms with Crippen LogP contribution in [0.15, 0.2) is 82.8 Å². The second kappa shape index (κ2) is 12.7. The van der Waals surface area contributed by atoms with Crippen molar-refractivity contribution in [2.75, 3.05) is 30.8 Å². The highest BCUT2D eigenvalue weighted by atomic mass is 35.5. The first-order valence-corrected chi connectivity index (χ1v) is 13.5. The summed E-state index contributed by atoms with van der Waals surface area (Å²) in [6.07, 6.45) is 0. The van der Waals surface area contributed by atoms with Crippen LogP contribution in [0.4, 0.5) is 24.5 Å². The third-order valence-corrected chi connectivity index (χ3v) is 7.09.